The average Bonchev–Trinajstić information content (AvgIpc) is 2.35. The summed E-state index contributed by atoms with van der Waals surface area (Å²) in [7, 11) is 0. The van der Waals surface area contributed by atoms with Crippen LogP contribution in [0.5, 0.6) is 0 Å². The maximum absolute atomic E-state index is 3.97. The van der Waals surface area contributed by atoms with Crippen molar-refractivity contribution < 1.29 is 4.58 Å². The minimum atomic E-state index is 1.08. The standard InChI is InChI=1S/C16H34N/c1-4-6-7-8-9-10-11-12-13-14-15-16-17(3)5-2/h3-16H2,1-2H3/q+1. The lowest BCUT2D eigenvalue weighted by Crippen LogP contribution is -2.09. The van der Waals surface area contributed by atoms with E-state index in [-0.39, 0.29) is 0 Å². The number of nitrogens with zero attached hydrogens (tertiary/aromatic N) is 1. The maximum atomic E-state index is 3.97. The van der Waals surface area contributed by atoms with Crippen molar-refractivity contribution in [2.24, 2.45) is 0 Å². The van der Waals surface area contributed by atoms with Crippen molar-refractivity contribution in [2.45, 2.75) is 84.5 Å². The van der Waals surface area contributed by atoms with Gasteiger partial charge in [-0.3, -0.25) is 0 Å². The lowest BCUT2D eigenvalue weighted by Gasteiger charge is -2.02. The molecule has 0 rings (SSSR count). The Balaban J connectivity index is 2.96. The van der Waals surface area contributed by atoms with Crippen molar-refractivity contribution in [3.05, 3.63) is 0 Å². The molecule has 102 valence electrons. The molecule has 0 saturated carbocycles. The molecule has 0 N–H and O–H groups in total. The van der Waals surface area contributed by atoms with E-state index in [1.807, 2.05) is 0 Å². The van der Waals surface area contributed by atoms with Crippen LogP contribution in [0, 0.1) is 0 Å². The second-order valence-corrected chi connectivity index (χ2v) is 5.25. The van der Waals surface area contributed by atoms with Crippen LogP contribution in [0.1, 0.15) is 84.5 Å². The molecule has 1 nitrogen and oxygen atoms in total. The highest BCUT2D eigenvalue weighted by atomic mass is 15.0. The molecule has 0 heterocycles. The number of rotatable bonds is 13. The summed E-state index contributed by atoms with van der Waals surface area (Å²) >= 11 is 0. The van der Waals surface area contributed by atoms with Crippen LogP contribution in [0.25, 0.3) is 0 Å². The Labute approximate surface area is 109 Å². The van der Waals surface area contributed by atoms with Crippen molar-refractivity contribution in [1.29, 1.82) is 0 Å². The van der Waals surface area contributed by atoms with Gasteiger partial charge >= 0.3 is 0 Å². The quantitative estimate of drug-likeness (QED) is 0.241. The molecule has 0 aliphatic carbocycles. The summed E-state index contributed by atoms with van der Waals surface area (Å²) in [6.45, 7) is 10.7. The summed E-state index contributed by atoms with van der Waals surface area (Å²) in [6, 6.07) is 0. The zero-order valence-electron chi connectivity index (χ0n) is 12.3. The third kappa shape index (κ3) is 13.6. The summed E-state index contributed by atoms with van der Waals surface area (Å²) in [5.41, 5.74) is 0. The fraction of sp³-hybridized carbons (Fsp3) is 0.938. The Hall–Kier alpha value is -0.330. The molecule has 0 aromatic carbocycles. The van der Waals surface area contributed by atoms with Crippen LogP contribution in [0.4, 0.5) is 0 Å². The summed E-state index contributed by atoms with van der Waals surface area (Å²) in [5.74, 6) is 0. The summed E-state index contributed by atoms with van der Waals surface area (Å²) in [6.07, 6.45) is 15.7. The summed E-state index contributed by atoms with van der Waals surface area (Å²) in [5, 5.41) is 0. The Morgan fingerprint density at radius 2 is 1.06 bits per heavy atom. The van der Waals surface area contributed by atoms with Crippen molar-refractivity contribution in [2.75, 3.05) is 13.1 Å². The highest BCUT2D eigenvalue weighted by Gasteiger charge is 1.97. The van der Waals surface area contributed by atoms with E-state index in [0.717, 1.165) is 6.54 Å². The molecule has 0 bridgehead atoms. The molecule has 0 aromatic rings. The molecule has 0 spiro atoms. The third-order valence-electron chi connectivity index (χ3n) is 3.53. The number of unbranched alkanes of at least 4 members (excludes halogenated alkanes) is 10. The molecule has 0 saturated heterocycles. The van der Waals surface area contributed by atoms with Gasteiger partial charge in [0.1, 0.15) is 19.8 Å². The van der Waals surface area contributed by atoms with E-state index in [9.17, 15) is 0 Å². The number of hydrogen-bond donors (Lipinski definition) is 0. The van der Waals surface area contributed by atoms with E-state index in [1.54, 1.807) is 0 Å². The van der Waals surface area contributed by atoms with E-state index in [0.29, 0.717) is 0 Å². The van der Waals surface area contributed by atoms with Gasteiger partial charge in [0, 0.05) is 6.42 Å². The van der Waals surface area contributed by atoms with Crippen LogP contribution in [0.3, 0.4) is 0 Å². The van der Waals surface area contributed by atoms with Crippen molar-refractivity contribution >= 4 is 6.72 Å². The molecular weight excluding hydrogens is 206 g/mol. The molecule has 17 heavy (non-hydrogen) atoms. The molecule has 0 fully saturated rings. The Morgan fingerprint density at radius 3 is 1.47 bits per heavy atom. The Bertz CT molecular complexity index is 163. The van der Waals surface area contributed by atoms with E-state index in [1.165, 1.54) is 77.2 Å². The first-order chi connectivity index (χ1) is 8.31. The molecule has 0 aliphatic rings. The fourth-order valence-corrected chi connectivity index (χ4v) is 2.16. The maximum Gasteiger partial charge on any atom is 0.142 e. The Morgan fingerprint density at radius 1 is 0.647 bits per heavy atom. The molecule has 1 heteroatoms. The smallest absolute Gasteiger partial charge is 0.142 e. The first-order valence-corrected chi connectivity index (χ1v) is 7.86. The van der Waals surface area contributed by atoms with E-state index < -0.39 is 0 Å². The predicted octanol–water partition coefficient (Wildman–Crippen LogP) is 5.03. The lowest BCUT2D eigenvalue weighted by molar-refractivity contribution is -0.516. The molecule has 0 atom stereocenters. The predicted molar refractivity (Wildman–Crippen MR) is 79.3 cm³/mol. The van der Waals surface area contributed by atoms with Gasteiger partial charge in [-0.05, 0) is 13.3 Å². The van der Waals surface area contributed by atoms with Crippen LogP contribution in [0.2, 0.25) is 0 Å². The van der Waals surface area contributed by atoms with Gasteiger partial charge in [0.15, 0.2) is 0 Å². The van der Waals surface area contributed by atoms with Crippen LogP contribution in [-0.4, -0.2) is 24.4 Å². The molecule has 0 aromatic heterocycles. The van der Waals surface area contributed by atoms with Crippen molar-refractivity contribution in [1.82, 2.24) is 0 Å². The van der Waals surface area contributed by atoms with Gasteiger partial charge in [-0.15, -0.1) is 0 Å². The van der Waals surface area contributed by atoms with Gasteiger partial charge in [0.05, 0.1) is 0 Å². The number of hydrogen-bond acceptors (Lipinski definition) is 0. The summed E-state index contributed by atoms with van der Waals surface area (Å²) in [4.78, 5) is 0. The zero-order chi connectivity index (χ0) is 12.8. The Kier molecular flexibility index (Phi) is 13.5. The van der Waals surface area contributed by atoms with Crippen LogP contribution in [-0.2, 0) is 0 Å². The van der Waals surface area contributed by atoms with Gasteiger partial charge in [-0.25, -0.2) is 4.58 Å². The van der Waals surface area contributed by atoms with Gasteiger partial charge in [0.25, 0.3) is 0 Å². The van der Waals surface area contributed by atoms with Crippen LogP contribution < -0.4 is 0 Å². The minimum Gasteiger partial charge on any atom is -0.243 e. The van der Waals surface area contributed by atoms with E-state index in [4.69, 9.17) is 0 Å². The lowest BCUT2D eigenvalue weighted by atomic mass is 10.1. The minimum absolute atomic E-state index is 1.08. The largest absolute Gasteiger partial charge is 0.243 e. The van der Waals surface area contributed by atoms with Gasteiger partial charge in [0.2, 0.25) is 0 Å². The molecule has 0 amide bonds. The molecule has 0 aliphatic heterocycles. The fourth-order valence-electron chi connectivity index (χ4n) is 2.16. The molecule has 0 unspecified atom stereocenters. The van der Waals surface area contributed by atoms with Crippen molar-refractivity contribution in [3.8, 4) is 0 Å². The van der Waals surface area contributed by atoms with Crippen molar-refractivity contribution in [3.63, 3.8) is 0 Å². The molecule has 0 radical (unpaired) electrons. The van der Waals surface area contributed by atoms with Gasteiger partial charge in [-0.1, -0.05) is 64.7 Å². The second-order valence-electron chi connectivity index (χ2n) is 5.25. The SMILES string of the molecule is C=[N+](CC)CCCCCCCCCCCCC. The third-order valence-corrected chi connectivity index (χ3v) is 3.53. The topological polar surface area (TPSA) is 3.01 Å². The monoisotopic (exact) mass is 240 g/mol. The van der Waals surface area contributed by atoms with Crippen LogP contribution >= 0.6 is 0 Å². The summed E-state index contributed by atoms with van der Waals surface area (Å²) < 4.78 is 2.16. The first-order valence-electron chi connectivity index (χ1n) is 7.86. The first kappa shape index (κ1) is 16.7. The van der Waals surface area contributed by atoms with E-state index in [2.05, 4.69) is 25.1 Å². The van der Waals surface area contributed by atoms with E-state index >= 15 is 0 Å². The highest BCUT2D eigenvalue weighted by molar-refractivity contribution is 5.14. The zero-order valence-corrected chi connectivity index (χ0v) is 12.3. The second kappa shape index (κ2) is 13.7. The highest BCUT2D eigenvalue weighted by Crippen LogP contribution is 2.11. The van der Waals surface area contributed by atoms with Gasteiger partial charge in [-0.2, -0.15) is 0 Å². The van der Waals surface area contributed by atoms with Gasteiger partial charge < -0.3 is 0 Å². The average molecular weight is 240 g/mol. The molecular formula is C16H34N+. The normalized spacial score (nSPS) is 10.7. The van der Waals surface area contributed by atoms with Crippen LogP contribution in [0.15, 0.2) is 0 Å².